The maximum absolute atomic E-state index is 13.3. The molecule has 0 aliphatic heterocycles. The molecule has 0 radical (unpaired) electrons. The van der Waals surface area contributed by atoms with E-state index >= 15 is 0 Å². The summed E-state index contributed by atoms with van der Waals surface area (Å²) in [4.78, 5) is 22.7. The van der Waals surface area contributed by atoms with Gasteiger partial charge in [0.05, 0.1) is 35.1 Å². The lowest BCUT2D eigenvalue weighted by atomic mass is 9.93. The highest BCUT2D eigenvalue weighted by Gasteiger charge is 2.40. The largest absolute Gasteiger partial charge is 0.414 e. The molecular formula is C26H33N7O2Si. The third kappa shape index (κ3) is 4.06. The average molecular weight is 504 g/mol. The minimum atomic E-state index is -1.83. The average Bonchev–Trinajstić information content (AvgIpc) is 3.37. The van der Waals surface area contributed by atoms with Crippen molar-refractivity contribution in [2.45, 2.75) is 76.7 Å². The van der Waals surface area contributed by atoms with Crippen molar-refractivity contribution in [2.75, 3.05) is 0 Å². The maximum atomic E-state index is 13.3. The Morgan fingerprint density at radius 1 is 1.14 bits per heavy atom. The lowest BCUT2D eigenvalue weighted by molar-refractivity contribution is 0.118. The van der Waals surface area contributed by atoms with E-state index < -0.39 is 8.32 Å². The molecule has 9 nitrogen and oxygen atoms in total. The zero-order valence-corrected chi connectivity index (χ0v) is 22.8. The maximum Gasteiger partial charge on any atom is 0.330 e. The van der Waals surface area contributed by atoms with Crippen LogP contribution in [0.2, 0.25) is 18.1 Å². The summed E-state index contributed by atoms with van der Waals surface area (Å²) in [7, 11) is -0.0644. The van der Waals surface area contributed by atoms with Gasteiger partial charge in [0, 0.05) is 25.4 Å². The molecule has 188 valence electrons. The van der Waals surface area contributed by atoms with Gasteiger partial charge in [0.2, 0.25) is 0 Å². The summed E-state index contributed by atoms with van der Waals surface area (Å²) >= 11 is 0. The quantitative estimate of drug-likeness (QED) is 0.370. The van der Waals surface area contributed by atoms with Crippen LogP contribution in [0.4, 0.5) is 0 Å². The summed E-state index contributed by atoms with van der Waals surface area (Å²) in [6.07, 6.45) is 9.02. The van der Waals surface area contributed by atoms with E-state index in [0.717, 1.165) is 36.8 Å². The number of nitriles is 1. The minimum Gasteiger partial charge on any atom is -0.414 e. The molecule has 0 amide bonds. The number of fused-ring (bicyclic) bond motifs is 2. The predicted octanol–water partition coefficient (Wildman–Crippen LogP) is 4.82. The third-order valence-electron chi connectivity index (χ3n) is 8.00. The van der Waals surface area contributed by atoms with Gasteiger partial charge in [0.1, 0.15) is 5.52 Å². The first-order chi connectivity index (χ1) is 17.0. The SMILES string of the molecule is Cn1c(=O)n([C@H]2CC[C@H](O[Si](C)(C)C(C)(C)C)CC2)c2nc(-c3cnn4ccc(C#N)cc34)ncc21. The van der Waals surface area contributed by atoms with Gasteiger partial charge in [-0.05, 0) is 55.9 Å². The van der Waals surface area contributed by atoms with Crippen molar-refractivity contribution in [3.63, 3.8) is 0 Å². The Kier molecular flexibility index (Phi) is 5.88. The monoisotopic (exact) mass is 503 g/mol. The van der Waals surface area contributed by atoms with Crippen LogP contribution in [-0.2, 0) is 11.5 Å². The number of hydrogen-bond donors (Lipinski definition) is 0. The minimum absolute atomic E-state index is 0.0670. The van der Waals surface area contributed by atoms with Crippen LogP contribution in [0.25, 0.3) is 28.1 Å². The standard InChI is InChI=1S/C26H33N7O2Si/c1-26(2,3)36(5,6)35-19-9-7-18(8-10-19)33-24-22(31(4)25(33)34)16-28-23(30-24)20-15-29-32-12-11-17(14-27)13-21(20)32/h11-13,15-16,18-19H,7-10H2,1-6H3/t18-,19-. The lowest BCUT2D eigenvalue weighted by Gasteiger charge is -2.41. The number of pyridine rings is 1. The molecule has 0 unspecified atom stereocenters. The number of nitrogens with zero attached hydrogens (tertiary/aromatic N) is 7. The highest BCUT2D eigenvalue weighted by atomic mass is 28.4. The molecule has 1 saturated carbocycles. The van der Waals surface area contributed by atoms with Crippen LogP contribution in [0.15, 0.2) is 35.5 Å². The Bertz CT molecular complexity index is 1540. The molecule has 4 heterocycles. The fourth-order valence-corrected chi connectivity index (χ4v) is 6.25. The van der Waals surface area contributed by atoms with Crippen molar-refractivity contribution in [2.24, 2.45) is 7.05 Å². The Morgan fingerprint density at radius 2 is 1.86 bits per heavy atom. The number of imidazole rings is 1. The molecule has 0 atom stereocenters. The molecular weight excluding hydrogens is 470 g/mol. The van der Waals surface area contributed by atoms with Crippen LogP contribution in [0.3, 0.4) is 0 Å². The molecule has 1 aliphatic carbocycles. The van der Waals surface area contributed by atoms with Crippen molar-refractivity contribution in [3.05, 3.63) is 46.8 Å². The molecule has 0 aromatic carbocycles. The van der Waals surface area contributed by atoms with E-state index in [1.165, 1.54) is 0 Å². The van der Waals surface area contributed by atoms with Gasteiger partial charge in [0.25, 0.3) is 0 Å². The van der Waals surface area contributed by atoms with Crippen molar-refractivity contribution in [1.29, 1.82) is 5.26 Å². The van der Waals surface area contributed by atoms with Gasteiger partial charge in [-0.2, -0.15) is 10.4 Å². The van der Waals surface area contributed by atoms with E-state index in [0.29, 0.717) is 22.6 Å². The molecule has 0 bridgehead atoms. The van der Waals surface area contributed by atoms with E-state index in [1.807, 2.05) is 4.57 Å². The first kappa shape index (κ1) is 24.4. The highest BCUT2D eigenvalue weighted by Crippen LogP contribution is 2.40. The summed E-state index contributed by atoms with van der Waals surface area (Å²) in [6, 6.07) is 5.73. The summed E-state index contributed by atoms with van der Waals surface area (Å²) in [5.41, 5.74) is 3.29. The smallest absolute Gasteiger partial charge is 0.330 e. The van der Waals surface area contributed by atoms with E-state index in [4.69, 9.17) is 9.41 Å². The Balaban J connectivity index is 1.48. The molecule has 0 saturated heterocycles. The van der Waals surface area contributed by atoms with Crippen LogP contribution in [0, 0.1) is 11.3 Å². The van der Waals surface area contributed by atoms with E-state index in [9.17, 15) is 10.1 Å². The number of hydrogen-bond acceptors (Lipinski definition) is 6. The number of aryl methyl sites for hydroxylation is 1. The summed E-state index contributed by atoms with van der Waals surface area (Å²) in [6.45, 7) is 11.4. The topological polar surface area (TPSA) is 103 Å². The van der Waals surface area contributed by atoms with Crippen molar-refractivity contribution in [3.8, 4) is 17.5 Å². The molecule has 1 fully saturated rings. The molecule has 0 spiro atoms. The van der Waals surface area contributed by atoms with Gasteiger partial charge in [-0.1, -0.05) is 20.8 Å². The van der Waals surface area contributed by atoms with Gasteiger partial charge in [-0.25, -0.2) is 19.3 Å². The normalized spacial score (nSPS) is 19.1. The second kappa shape index (κ2) is 8.67. The molecule has 36 heavy (non-hydrogen) atoms. The van der Waals surface area contributed by atoms with Crippen LogP contribution in [0.1, 0.15) is 58.1 Å². The Hall–Kier alpha value is -3.29. The zero-order valence-electron chi connectivity index (χ0n) is 21.8. The molecule has 5 rings (SSSR count). The van der Waals surface area contributed by atoms with Crippen LogP contribution < -0.4 is 5.69 Å². The second-order valence-corrected chi connectivity index (χ2v) is 16.1. The molecule has 0 N–H and O–H groups in total. The second-order valence-electron chi connectivity index (χ2n) is 11.3. The zero-order chi connectivity index (χ0) is 25.8. The van der Waals surface area contributed by atoms with Crippen molar-refractivity contribution in [1.82, 2.24) is 28.7 Å². The summed E-state index contributed by atoms with van der Waals surface area (Å²) in [5, 5.41) is 13.9. The van der Waals surface area contributed by atoms with Crippen molar-refractivity contribution >= 4 is 25.0 Å². The van der Waals surface area contributed by atoms with Crippen LogP contribution in [0.5, 0.6) is 0 Å². The number of aromatic nitrogens is 6. The van der Waals surface area contributed by atoms with Gasteiger partial charge in [-0.15, -0.1) is 0 Å². The predicted molar refractivity (Wildman–Crippen MR) is 141 cm³/mol. The van der Waals surface area contributed by atoms with Crippen LogP contribution in [-0.4, -0.2) is 43.1 Å². The van der Waals surface area contributed by atoms with Gasteiger partial charge in [-0.3, -0.25) is 9.13 Å². The highest BCUT2D eigenvalue weighted by molar-refractivity contribution is 6.74. The third-order valence-corrected chi connectivity index (χ3v) is 12.5. The molecule has 4 aromatic heterocycles. The molecule has 1 aliphatic rings. The summed E-state index contributed by atoms with van der Waals surface area (Å²) < 4.78 is 11.8. The van der Waals surface area contributed by atoms with Gasteiger partial charge in [0.15, 0.2) is 19.8 Å². The number of rotatable bonds is 4. The van der Waals surface area contributed by atoms with E-state index in [-0.39, 0.29) is 22.9 Å². The molecule has 4 aromatic rings. The first-order valence-electron chi connectivity index (χ1n) is 12.5. The molecule has 10 heteroatoms. The van der Waals surface area contributed by atoms with Gasteiger partial charge >= 0.3 is 5.69 Å². The fourth-order valence-electron chi connectivity index (χ4n) is 4.83. The van der Waals surface area contributed by atoms with Crippen molar-refractivity contribution < 1.29 is 4.43 Å². The van der Waals surface area contributed by atoms with E-state index in [2.05, 4.69) is 50.0 Å². The van der Waals surface area contributed by atoms with E-state index in [1.54, 1.807) is 46.9 Å². The first-order valence-corrected chi connectivity index (χ1v) is 15.4. The Morgan fingerprint density at radius 3 is 2.53 bits per heavy atom. The van der Waals surface area contributed by atoms with Crippen LogP contribution >= 0.6 is 0 Å². The fraction of sp³-hybridized carbons (Fsp3) is 0.500. The summed E-state index contributed by atoms with van der Waals surface area (Å²) in [5.74, 6) is 0.488. The Labute approximate surface area is 211 Å². The lowest BCUT2D eigenvalue weighted by Crippen LogP contribution is -2.45. The van der Waals surface area contributed by atoms with Gasteiger partial charge < -0.3 is 4.43 Å².